The monoisotopic (exact) mass is 408 g/mol. The lowest BCUT2D eigenvalue weighted by Crippen LogP contribution is -2.20. The van der Waals surface area contributed by atoms with Crippen molar-refractivity contribution in [1.29, 1.82) is 0 Å². The van der Waals surface area contributed by atoms with Crippen LogP contribution in [0, 0.1) is 6.92 Å². The minimum Gasteiger partial charge on any atom is -0.496 e. The van der Waals surface area contributed by atoms with Gasteiger partial charge in [-0.3, -0.25) is 4.79 Å². The van der Waals surface area contributed by atoms with Gasteiger partial charge in [-0.25, -0.2) is 4.79 Å². The van der Waals surface area contributed by atoms with E-state index in [1.165, 1.54) is 14.2 Å². The summed E-state index contributed by atoms with van der Waals surface area (Å²) in [5, 5.41) is 0. The van der Waals surface area contributed by atoms with Crippen molar-refractivity contribution in [2.45, 2.75) is 39.3 Å². The summed E-state index contributed by atoms with van der Waals surface area (Å²) in [7, 11) is 2.65. The van der Waals surface area contributed by atoms with E-state index < -0.39 is 28.9 Å². The highest BCUT2D eigenvalue weighted by molar-refractivity contribution is 6.12. The van der Waals surface area contributed by atoms with Crippen LogP contribution in [-0.4, -0.2) is 26.0 Å². The minimum absolute atomic E-state index is 0.0851. The molecule has 0 aromatic heterocycles. The van der Waals surface area contributed by atoms with E-state index in [-0.39, 0.29) is 16.7 Å². The van der Waals surface area contributed by atoms with Gasteiger partial charge in [0.1, 0.15) is 11.3 Å². The van der Waals surface area contributed by atoms with Gasteiger partial charge in [0.2, 0.25) is 0 Å². The first-order valence-corrected chi connectivity index (χ1v) is 8.85. The second kappa shape index (κ2) is 7.89. The van der Waals surface area contributed by atoms with E-state index in [0.29, 0.717) is 16.9 Å². The lowest BCUT2D eigenvalue weighted by molar-refractivity contribution is -0.137. The Balaban J connectivity index is 2.71. The number of alkyl halides is 3. The smallest absolute Gasteiger partial charge is 0.416 e. The third-order valence-corrected chi connectivity index (χ3v) is 4.66. The zero-order valence-corrected chi connectivity index (χ0v) is 17.2. The molecule has 0 bridgehead atoms. The molecule has 0 N–H and O–H groups in total. The lowest BCUT2D eigenvalue weighted by atomic mass is 9.81. The zero-order chi connectivity index (χ0) is 22.1. The summed E-state index contributed by atoms with van der Waals surface area (Å²) < 4.78 is 48.7. The summed E-state index contributed by atoms with van der Waals surface area (Å²) in [6.45, 7) is 7.27. The minimum atomic E-state index is -4.49. The van der Waals surface area contributed by atoms with Crippen LogP contribution in [0.3, 0.4) is 0 Å². The maximum atomic E-state index is 13.1. The average molecular weight is 408 g/mol. The van der Waals surface area contributed by atoms with Crippen LogP contribution in [0.4, 0.5) is 13.2 Å². The van der Waals surface area contributed by atoms with Crippen LogP contribution in [-0.2, 0) is 16.3 Å². The van der Waals surface area contributed by atoms with E-state index in [1.807, 2.05) is 20.8 Å². The van der Waals surface area contributed by atoms with Crippen LogP contribution in [0.25, 0.3) is 0 Å². The Morgan fingerprint density at radius 2 is 1.52 bits per heavy atom. The molecular formula is C22H23F3O4. The zero-order valence-electron chi connectivity index (χ0n) is 17.2. The molecule has 7 heteroatoms. The van der Waals surface area contributed by atoms with E-state index in [0.717, 1.165) is 24.3 Å². The van der Waals surface area contributed by atoms with Crippen molar-refractivity contribution in [2.75, 3.05) is 14.2 Å². The van der Waals surface area contributed by atoms with Gasteiger partial charge >= 0.3 is 12.1 Å². The normalized spacial score (nSPS) is 11.9. The van der Waals surface area contributed by atoms with Crippen LogP contribution >= 0.6 is 0 Å². The van der Waals surface area contributed by atoms with E-state index in [9.17, 15) is 22.8 Å². The van der Waals surface area contributed by atoms with E-state index in [4.69, 9.17) is 9.47 Å². The molecule has 0 spiro atoms. The molecule has 0 atom stereocenters. The highest BCUT2D eigenvalue weighted by Gasteiger charge is 2.32. The Hall–Kier alpha value is -2.83. The van der Waals surface area contributed by atoms with Crippen molar-refractivity contribution < 1.29 is 32.2 Å². The van der Waals surface area contributed by atoms with Crippen molar-refractivity contribution >= 4 is 11.8 Å². The topological polar surface area (TPSA) is 52.6 Å². The van der Waals surface area contributed by atoms with Crippen molar-refractivity contribution in [1.82, 2.24) is 0 Å². The van der Waals surface area contributed by atoms with Crippen LogP contribution in [0.5, 0.6) is 5.75 Å². The molecule has 156 valence electrons. The van der Waals surface area contributed by atoms with Crippen molar-refractivity contribution in [3.8, 4) is 5.75 Å². The molecule has 0 unspecified atom stereocenters. The van der Waals surface area contributed by atoms with Gasteiger partial charge in [0.05, 0.1) is 19.8 Å². The summed E-state index contributed by atoms with van der Waals surface area (Å²) in [5.41, 5.74) is 0.0475. The maximum Gasteiger partial charge on any atom is 0.416 e. The van der Waals surface area contributed by atoms with Gasteiger partial charge in [0.25, 0.3) is 0 Å². The number of ketones is 1. The third kappa shape index (κ3) is 4.44. The van der Waals surface area contributed by atoms with Crippen molar-refractivity contribution in [3.63, 3.8) is 0 Å². The number of rotatable bonds is 4. The summed E-state index contributed by atoms with van der Waals surface area (Å²) >= 11 is 0. The Labute approximate surface area is 167 Å². The largest absolute Gasteiger partial charge is 0.496 e. The van der Waals surface area contributed by atoms with Crippen LogP contribution in [0.15, 0.2) is 30.3 Å². The first-order chi connectivity index (χ1) is 13.3. The highest BCUT2D eigenvalue weighted by atomic mass is 19.4. The standard InChI is InChI=1S/C22H23F3O4/c1-12-15(18(26)13-7-9-14(10-8-13)22(23,24)25)11-16(21(2,3)4)19(28-5)17(12)20(27)29-6/h7-11H,1-6H3. The molecular weight excluding hydrogens is 385 g/mol. The number of ether oxygens (including phenoxy) is 2. The van der Waals surface area contributed by atoms with Gasteiger partial charge in [-0.1, -0.05) is 32.9 Å². The van der Waals surface area contributed by atoms with Gasteiger partial charge in [-0.05, 0) is 36.1 Å². The van der Waals surface area contributed by atoms with E-state index >= 15 is 0 Å². The molecule has 0 aliphatic rings. The number of methoxy groups -OCH3 is 2. The molecule has 0 saturated heterocycles. The fraction of sp³-hybridized carbons (Fsp3) is 0.364. The number of esters is 1. The van der Waals surface area contributed by atoms with E-state index in [2.05, 4.69) is 0 Å². The van der Waals surface area contributed by atoms with Gasteiger partial charge in [-0.2, -0.15) is 13.2 Å². The molecule has 0 amide bonds. The Kier molecular flexibility index (Phi) is 6.11. The molecule has 2 rings (SSSR count). The molecule has 0 heterocycles. The molecule has 29 heavy (non-hydrogen) atoms. The number of carbonyl (C=O) groups is 2. The molecule has 4 nitrogen and oxygen atoms in total. The molecule has 2 aromatic carbocycles. The SMILES string of the molecule is COC(=O)c1c(C)c(C(=O)c2ccc(C(F)(F)F)cc2)cc(C(C)(C)C)c1OC. The van der Waals surface area contributed by atoms with Crippen molar-refractivity contribution in [3.05, 3.63) is 63.7 Å². The fourth-order valence-corrected chi connectivity index (χ4v) is 3.08. The molecule has 0 aliphatic heterocycles. The Morgan fingerprint density at radius 3 is 1.93 bits per heavy atom. The third-order valence-electron chi connectivity index (χ3n) is 4.66. The Morgan fingerprint density at radius 1 is 0.966 bits per heavy atom. The van der Waals surface area contributed by atoms with Gasteiger partial charge in [-0.15, -0.1) is 0 Å². The predicted molar refractivity (Wildman–Crippen MR) is 103 cm³/mol. The summed E-state index contributed by atoms with van der Waals surface area (Å²) in [6, 6.07) is 5.60. The number of carbonyl (C=O) groups excluding carboxylic acids is 2. The molecule has 0 aliphatic carbocycles. The van der Waals surface area contributed by atoms with Crippen LogP contribution < -0.4 is 4.74 Å². The maximum absolute atomic E-state index is 13.1. The fourth-order valence-electron chi connectivity index (χ4n) is 3.08. The first-order valence-electron chi connectivity index (χ1n) is 8.85. The molecule has 0 saturated carbocycles. The number of benzene rings is 2. The number of hydrogen-bond acceptors (Lipinski definition) is 4. The second-order valence-electron chi connectivity index (χ2n) is 7.65. The number of hydrogen-bond donors (Lipinski definition) is 0. The number of halogens is 3. The van der Waals surface area contributed by atoms with Crippen LogP contribution in [0.2, 0.25) is 0 Å². The predicted octanol–water partition coefficient (Wildman–Crippen LogP) is 5.34. The average Bonchev–Trinajstić information content (AvgIpc) is 2.64. The highest BCUT2D eigenvalue weighted by Crippen LogP contribution is 2.38. The summed E-state index contributed by atoms with van der Waals surface area (Å²) in [4.78, 5) is 25.5. The van der Waals surface area contributed by atoms with Crippen LogP contribution in [0.1, 0.15) is 63.7 Å². The quantitative estimate of drug-likeness (QED) is 0.506. The molecule has 0 fully saturated rings. The summed E-state index contributed by atoms with van der Waals surface area (Å²) in [5.74, 6) is -0.840. The Bertz CT molecular complexity index is 937. The van der Waals surface area contributed by atoms with Gasteiger partial charge < -0.3 is 9.47 Å². The van der Waals surface area contributed by atoms with Crippen molar-refractivity contribution in [2.24, 2.45) is 0 Å². The second-order valence-corrected chi connectivity index (χ2v) is 7.65. The molecule has 2 aromatic rings. The van der Waals surface area contributed by atoms with Gasteiger partial charge in [0.15, 0.2) is 5.78 Å². The van der Waals surface area contributed by atoms with Gasteiger partial charge in [0, 0.05) is 16.7 Å². The van der Waals surface area contributed by atoms with E-state index in [1.54, 1.807) is 13.0 Å². The lowest BCUT2D eigenvalue weighted by Gasteiger charge is -2.26. The first kappa shape index (κ1) is 22.5. The summed E-state index contributed by atoms with van der Waals surface area (Å²) in [6.07, 6.45) is -4.49. The molecule has 0 radical (unpaired) electrons.